The van der Waals surface area contributed by atoms with E-state index in [1.807, 2.05) is 6.92 Å². The van der Waals surface area contributed by atoms with Crippen LogP contribution in [0, 0.1) is 5.82 Å². The van der Waals surface area contributed by atoms with Gasteiger partial charge in [-0.05, 0) is 34.6 Å². The summed E-state index contributed by atoms with van der Waals surface area (Å²) in [5, 5.41) is 3.94. The molecule has 112 valence electrons. The van der Waals surface area contributed by atoms with Crippen molar-refractivity contribution >= 4 is 39.1 Å². The van der Waals surface area contributed by atoms with Crippen LogP contribution in [0.4, 0.5) is 4.39 Å². The SMILES string of the molecule is CCNCc1cc(F)cnc1Oc1cc(Cl)c(Br)cc1Cl. The molecule has 1 N–H and O–H groups in total. The van der Waals surface area contributed by atoms with E-state index in [0.717, 1.165) is 12.7 Å². The van der Waals surface area contributed by atoms with Crippen LogP contribution in [0.25, 0.3) is 0 Å². The van der Waals surface area contributed by atoms with Gasteiger partial charge in [0.05, 0.1) is 16.2 Å². The third-order valence-electron chi connectivity index (χ3n) is 2.64. The Labute approximate surface area is 140 Å². The molecule has 0 amide bonds. The molecule has 0 saturated heterocycles. The van der Waals surface area contributed by atoms with Gasteiger partial charge in [0.2, 0.25) is 5.88 Å². The predicted molar refractivity (Wildman–Crippen MR) is 85.8 cm³/mol. The largest absolute Gasteiger partial charge is 0.437 e. The highest BCUT2D eigenvalue weighted by atomic mass is 79.9. The van der Waals surface area contributed by atoms with E-state index in [0.29, 0.717) is 32.4 Å². The molecule has 0 atom stereocenters. The van der Waals surface area contributed by atoms with E-state index >= 15 is 0 Å². The molecule has 1 aromatic carbocycles. The lowest BCUT2D eigenvalue weighted by Gasteiger charge is -2.12. The zero-order valence-corrected chi connectivity index (χ0v) is 14.2. The second-order valence-electron chi connectivity index (χ2n) is 4.20. The Morgan fingerprint density at radius 2 is 2.05 bits per heavy atom. The average molecular weight is 394 g/mol. The van der Waals surface area contributed by atoms with Crippen LogP contribution < -0.4 is 10.1 Å². The fourth-order valence-corrected chi connectivity index (χ4v) is 2.46. The molecule has 2 rings (SSSR count). The molecule has 0 unspecified atom stereocenters. The Morgan fingerprint density at radius 3 is 2.76 bits per heavy atom. The van der Waals surface area contributed by atoms with Crippen LogP contribution in [0.1, 0.15) is 12.5 Å². The fourth-order valence-electron chi connectivity index (χ4n) is 1.63. The molecule has 21 heavy (non-hydrogen) atoms. The molecule has 1 heterocycles. The summed E-state index contributed by atoms with van der Waals surface area (Å²) in [4.78, 5) is 3.97. The van der Waals surface area contributed by atoms with Crippen molar-refractivity contribution < 1.29 is 9.13 Å². The van der Waals surface area contributed by atoms with E-state index < -0.39 is 5.82 Å². The Morgan fingerprint density at radius 1 is 1.29 bits per heavy atom. The molecule has 0 bridgehead atoms. The molecule has 1 aromatic heterocycles. The van der Waals surface area contributed by atoms with Crippen molar-refractivity contribution in [2.75, 3.05) is 6.54 Å². The number of halogens is 4. The van der Waals surface area contributed by atoms with Crippen molar-refractivity contribution in [3.8, 4) is 11.6 Å². The highest BCUT2D eigenvalue weighted by molar-refractivity contribution is 9.10. The monoisotopic (exact) mass is 392 g/mol. The number of rotatable bonds is 5. The van der Waals surface area contributed by atoms with Crippen LogP contribution in [0.2, 0.25) is 10.0 Å². The van der Waals surface area contributed by atoms with Crippen molar-refractivity contribution in [2.45, 2.75) is 13.5 Å². The quantitative estimate of drug-likeness (QED) is 0.709. The molecule has 0 saturated carbocycles. The number of hydrogen-bond donors (Lipinski definition) is 1. The minimum atomic E-state index is -0.421. The Balaban J connectivity index is 2.32. The molecule has 0 radical (unpaired) electrons. The first-order chi connectivity index (χ1) is 10.0. The molecule has 0 aliphatic heterocycles. The van der Waals surface area contributed by atoms with Crippen LogP contribution in [-0.4, -0.2) is 11.5 Å². The Kier molecular flexibility index (Phi) is 5.81. The zero-order chi connectivity index (χ0) is 15.4. The number of aromatic nitrogens is 1. The number of ether oxygens (including phenoxy) is 1. The second kappa shape index (κ2) is 7.40. The highest BCUT2D eigenvalue weighted by Gasteiger charge is 2.12. The first kappa shape index (κ1) is 16.5. The van der Waals surface area contributed by atoms with E-state index in [1.54, 1.807) is 12.1 Å². The van der Waals surface area contributed by atoms with Crippen LogP contribution in [0.15, 0.2) is 28.9 Å². The molecule has 0 fully saturated rings. The summed E-state index contributed by atoms with van der Waals surface area (Å²) in [7, 11) is 0. The normalized spacial score (nSPS) is 10.7. The number of benzene rings is 1. The summed E-state index contributed by atoms with van der Waals surface area (Å²) in [6, 6.07) is 4.59. The lowest BCUT2D eigenvalue weighted by Crippen LogP contribution is -2.13. The number of hydrogen-bond acceptors (Lipinski definition) is 3. The van der Waals surface area contributed by atoms with Crippen molar-refractivity contribution in [2.24, 2.45) is 0 Å². The predicted octanol–water partition coefficient (Wildman–Crippen LogP) is 5.19. The first-order valence-electron chi connectivity index (χ1n) is 6.18. The maximum atomic E-state index is 13.3. The molecule has 7 heteroatoms. The van der Waals surface area contributed by atoms with Crippen molar-refractivity contribution in [1.29, 1.82) is 0 Å². The lowest BCUT2D eigenvalue weighted by atomic mass is 10.2. The summed E-state index contributed by atoms with van der Waals surface area (Å²) in [5.74, 6) is 0.231. The lowest BCUT2D eigenvalue weighted by molar-refractivity contribution is 0.449. The van der Waals surface area contributed by atoms with Gasteiger partial charge in [-0.3, -0.25) is 0 Å². The van der Waals surface area contributed by atoms with E-state index in [9.17, 15) is 4.39 Å². The highest BCUT2D eigenvalue weighted by Crippen LogP contribution is 2.36. The number of nitrogens with zero attached hydrogens (tertiary/aromatic N) is 1. The third kappa shape index (κ3) is 4.30. The van der Waals surface area contributed by atoms with Crippen molar-refractivity contribution in [1.82, 2.24) is 10.3 Å². The molecule has 2 aromatic rings. The van der Waals surface area contributed by atoms with Crippen molar-refractivity contribution in [3.05, 3.63) is 50.3 Å². The van der Waals surface area contributed by atoms with Gasteiger partial charge in [0, 0.05) is 22.6 Å². The van der Waals surface area contributed by atoms with Crippen molar-refractivity contribution in [3.63, 3.8) is 0 Å². The Bertz CT molecular complexity index is 655. The van der Waals surface area contributed by atoms with E-state index in [1.165, 1.54) is 6.07 Å². The molecule has 3 nitrogen and oxygen atoms in total. The van der Waals surface area contributed by atoms with Crippen LogP contribution in [0.3, 0.4) is 0 Å². The smallest absolute Gasteiger partial charge is 0.223 e. The molecule has 0 aliphatic carbocycles. The molecular weight excluding hydrogens is 382 g/mol. The zero-order valence-electron chi connectivity index (χ0n) is 11.1. The molecule has 0 spiro atoms. The van der Waals surface area contributed by atoms with Crippen LogP contribution in [0.5, 0.6) is 11.6 Å². The average Bonchev–Trinajstić information content (AvgIpc) is 2.44. The van der Waals surface area contributed by atoms with Gasteiger partial charge >= 0.3 is 0 Å². The minimum Gasteiger partial charge on any atom is -0.437 e. The van der Waals surface area contributed by atoms with Gasteiger partial charge in [-0.2, -0.15) is 0 Å². The third-order valence-corrected chi connectivity index (χ3v) is 4.13. The minimum absolute atomic E-state index is 0.289. The maximum Gasteiger partial charge on any atom is 0.223 e. The van der Waals surface area contributed by atoms with Gasteiger partial charge in [-0.15, -0.1) is 0 Å². The van der Waals surface area contributed by atoms with Crippen LogP contribution >= 0.6 is 39.1 Å². The van der Waals surface area contributed by atoms with Crippen LogP contribution in [-0.2, 0) is 6.54 Å². The van der Waals surface area contributed by atoms with Gasteiger partial charge < -0.3 is 10.1 Å². The van der Waals surface area contributed by atoms with Gasteiger partial charge in [0.15, 0.2) is 0 Å². The molecule has 0 aliphatic rings. The summed E-state index contributed by atoms with van der Waals surface area (Å²) < 4.78 is 19.7. The maximum absolute atomic E-state index is 13.3. The number of nitrogens with one attached hydrogen (secondary N) is 1. The topological polar surface area (TPSA) is 34.2 Å². The summed E-state index contributed by atoms with van der Waals surface area (Å²) in [6.07, 6.45) is 1.10. The van der Waals surface area contributed by atoms with E-state index in [4.69, 9.17) is 27.9 Å². The van der Waals surface area contributed by atoms with Gasteiger partial charge in [-0.1, -0.05) is 30.1 Å². The number of pyridine rings is 1. The van der Waals surface area contributed by atoms with Gasteiger partial charge in [-0.25, -0.2) is 9.37 Å². The van der Waals surface area contributed by atoms with Gasteiger partial charge in [0.1, 0.15) is 11.6 Å². The summed E-state index contributed by atoms with van der Waals surface area (Å²) >= 11 is 15.4. The summed E-state index contributed by atoms with van der Waals surface area (Å²) in [6.45, 7) is 3.15. The fraction of sp³-hybridized carbons (Fsp3) is 0.214. The second-order valence-corrected chi connectivity index (χ2v) is 5.87. The Hall–Kier alpha value is -0.880. The first-order valence-corrected chi connectivity index (χ1v) is 7.73. The molecular formula is C14H12BrCl2FN2O. The van der Waals surface area contributed by atoms with E-state index in [2.05, 4.69) is 26.2 Å². The van der Waals surface area contributed by atoms with E-state index in [-0.39, 0.29) is 5.88 Å². The summed E-state index contributed by atoms with van der Waals surface area (Å²) in [5.41, 5.74) is 0.604. The van der Waals surface area contributed by atoms with Gasteiger partial charge in [0.25, 0.3) is 0 Å². The standard InChI is InChI=1S/C14H12BrCl2FN2O/c1-2-19-6-8-3-9(18)7-20-14(8)21-13-5-11(16)10(15)4-12(13)17/h3-5,7,19H,2,6H2,1H3.